The van der Waals surface area contributed by atoms with Crippen molar-refractivity contribution in [3.8, 4) is 23.3 Å². The normalized spacial score (nSPS) is 10.6. The molecule has 33 heavy (non-hydrogen) atoms. The number of amides is 1. The fourth-order valence-corrected chi connectivity index (χ4v) is 3.25. The van der Waals surface area contributed by atoms with Gasteiger partial charge in [-0.05, 0) is 69.2 Å². The average molecular weight is 456 g/mol. The maximum Gasteiger partial charge on any atom is 0.315 e. The van der Waals surface area contributed by atoms with E-state index in [4.69, 9.17) is 14.2 Å². The van der Waals surface area contributed by atoms with Crippen molar-refractivity contribution in [2.45, 2.75) is 39.2 Å². The van der Waals surface area contributed by atoms with Gasteiger partial charge in [0.25, 0.3) is 0 Å². The second-order valence-electron chi connectivity index (χ2n) is 7.78. The van der Waals surface area contributed by atoms with Crippen LogP contribution in [0.3, 0.4) is 0 Å². The Morgan fingerprint density at radius 3 is 2.30 bits per heavy atom. The second kappa shape index (κ2) is 11.9. The Kier molecular flexibility index (Phi) is 9.29. The van der Waals surface area contributed by atoms with Crippen molar-refractivity contribution < 1.29 is 28.2 Å². The molecular weight excluding hydrogens is 425 g/mol. The fraction of sp³-hybridized carbons (Fsp3) is 0.385. The van der Waals surface area contributed by atoms with Crippen LogP contribution in [0.1, 0.15) is 38.3 Å². The maximum absolute atomic E-state index is 13.2. The summed E-state index contributed by atoms with van der Waals surface area (Å²) in [6, 6.07) is 11.4. The minimum atomic E-state index is -0.894. The largest absolute Gasteiger partial charge is 0.493 e. The number of carbonyl (C=O) groups is 2. The number of ether oxygens (including phenoxy) is 3. The third-order valence-corrected chi connectivity index (χ3v) is 5.01. The van der Waals surface area contributed by atoms with Crippen LogP contribution in [0.15, 0.2) is 42.5 Å². The van der Waals surface area contributed by atoms with E-state index in [1.807, 2.05) is 12.1 Å². The van der Waals surface area contributed by atoms with Gasteiger partial charge in [-0.1, -0.05) is 17.9 Å². The molecular formula is C26H30FNO5. The number of rotatable bonds is 9. The lowest BCUT2D eigenvalue weighted by molar-refractivity contribution is -0.149. The number of methoxy groups -OCH3 is 2. The summed E-state index contributed by atoms with van der Waals surface area (Å²) in [6.45, 7) is 5.82. The van der Waals surface area contributed by atoms with Gasteiger partial charge in [0.05, 0.1) is 26.4 Å². The van der Waals surface area contributed by atoms with Crippen LogP contribution in [-0.2, 0) is 20.7 Å². The van der Waals surface area contributed by atoms with E-state index in [1.165, 1.54) is 12.1 Å². The second-order valence-corrected chi connectivity index (χ2v) is 7.78. The molecule has 0 bridgehead atoms. The van der Waals surface area contributed by atoms with Crippen molar-refractivity contribution in [3.63, 3.8) is 0 Å². The van der Waals surface area contributed by atoms with Gasteiger partial charge in [0, 0.05) is 12.1 Å². The molecule has 0 aliphatic rings. The molecule has 1 amide bonds. The zero-order valence-electron chi connectivity index (χ0n) is 19.7. The lowest BCUT2D eigenvalue weighted by Gasteiger charge is -2.35. The number of carbonyl (C=O) groups excluding carboxylic acids is 2. The summed E-state index contributed by atoms with van der Waals surface area (Å²) in [6.07, 6.45) is 0.137. The van der Waals surface area contributed by atoms with Gasteiger partial charge in [0.2, 0.25) is 5.91 Å². The quantitative estimate of drug-likeness (QED) is 0.325. The number of nitrogens with zero attached hydrogens (tertiary/aromatic N) is 1. The number of benzene rings is 2. The maximum atomic E-state index is 13.2. The first-order valence-corrected chi connectivity index (χ1v) is 10.7. The van der Waals surface area contributed by atoms with E-state index in [0.29, 0.717) is 30.0 Å². The molecule has 0 N–H and O–H groups in total. The van der Waals surface area contributed by atoms with Crippen LogP contribution < -0.4 is 9.47 Å². The lowest BCUT2D eigenvalue weighted by Crippen LogP contribution is -2.48. The van der Waals surface area contributed by atoms with Crippen LogP contribution in [0.5, 0.6) is 11.5 Å². The minimum absolute atomic E-state index is 0.200. The zero-order chi connectivity index (χ0) is 24.4. The van der Waals surface area contributed by atoms with E-state index in [-0.39, 0.29) is 24.8 Å². The summed E-state index contributed by atoms with van der Waals surface area (Å²) in [7, 11) is 3.13. The molecule has 0 saturated heterocycles. The third-order valence-electron chi connectivity index (χ3n) is 5.01. The molecule has 2 rings (SSSR count). The highest BCUT2D eigenvalue weighted by atomic mass is 19.1. The zero-order valence-corrected chi connectivity index (χ0v) is 19.7. The molecule has 0 unspecified atom stereocenters. The predicted octanol–water partition coefficient (Wildman–Crippen LogP) is 4.00. The van der Waals surface area contributed by atoms with Gasteiger partial charge in [-0.25, -0.2) is 4.39 Å². The molecule has 0 aliphatic carbocycles. The van der Waals surface area contributed by atoms with E-state index in [1.54, 1.807) is 58.1 Å². The highest BCUT2D eigenvalue weighted by molar-refractivity contribution is 5.94. The summed E-state index contributed by atoms with van der Waals surface area (Å²) in [5.74, 6) is 5.98. The summed E-state index contributed by atoms with van der Waals surface area (Å²) in [5, 5.41) is 0. The van der Waals surface area contributed by atoms with Crippen LogP contribution >= 0.6 is 0 Å². The predicted molar refractivity (Wildman–Crippen MR) is 124 cm³/mol. The Morgan fingerprint density at radius 2 is 1.70 bits per heavy atom. The van der Waals surface area contributed by atoms with Gasteiger partial charge in [0.15, 0.2) is 11.5 Å². The molecule has 0 radical (unpaired) electrons. The highest BCUT2D eigenvalue weighted by Crippen LogP contribution is 2.28. The van der Waals surface area contributed by atoms with E-state index in [2.05, 4.69) is 11.8 Å². The number of hydrogen-bond acceptors (Lipinski definition) is 5. The van der Waals surface area contributed by atoms with E-state index >= 15 is 0 Å². The standard InChI is InChI=1S/C26H30FNO5/c1-6-33-25(30)18-24(29)28(16-14-20-9-12-22(31-4)23(17-20)32-5)26(2,3)15-13-19-7-10-21(27)11-8-19/h7-12,17H,6,14,16,18H2,1-5H3. The first-order valence-electron chi connectivity index (χ1n) is 10.7. The first kappa shape index (κ1) is 25.7. The van der Waals surface area contributed by atoms with Gasteiger partial charge in [-0.2, -0.15) is 0 Å². The molecule has 0 fully saturated rings. The summed E-state index contributed by atoms with van der Waals surface area (Å²) in [4.78, 5) is 26.6. The molecule has 0 aromatic heterocycles. The highest BCUT2D eigenvalue weighted by Gasteiger charge is 2.30. The Hall–Kier alpha value is -3.53. The van der Waals surface area contributed by atoms with Crippen LogP contribution in [0.4, 0.5) is 4.39 Å². The summed E-state index contributed by atoms with van der Waals surface area (Å²) in [5.41, 5.74) is 0.667. The molecule has 0 atom stereocenters. The molecule has 2 aromatic rings. The van der Waals surface area contributed by atoms with Crippen LogP contribution in [0.25, 0.3) is 0 Å². The molecule has 2 aromatic carbocycles. The van der Waals surface area contributed by atoms with Crippen molar-refractivity contribution in [3.05, 3.63) is 59.4 Å². The molecule has 176 valence electrons. The van der Waals surface area contributed by atoms with Gasteiger partial charge in [-0.15, -0.1) is 0 Å². The SMILES string of the molecule is CCOC(=O)CC(=O)N(CCc1ccc(OC)c(OC)c1)C(C)(C)C#Cc1ccc(F)cc1. The van der Waals surface area contributed by atoms with Crippen molar-refractivity contribution >= 4 is 11.9 Å². The lowest BCUT2D eigenvalue weighted by atomic mass is 10.00. The third kappa shape index (κ3) is 7.53. The molecule has 7 heteroatoms. The van der Waals surface area contributed by atoms with Gasteiger partial charge < -0.3 is 19.1 Å². The molecule has 0 saturated carbocycles. The number of esters is 1. The fourth-order valence-electron chi connectivity index (χ4n) is 3.25. The van der Waals surface area contributed by atoms with Crippen LogP contribution in [0, 0.1) is 17.7 Å². The minimum Gasteiger partial charge on any atom is -0.493 e. The van der Waals surface area contributed by atoms with Crippen LogP contribution in [0.2, 0.25) is 0 Å². The van der Waals surface area contributed by atoms with Gasteiger partial charge in [-0.3, -0.25) is 9.59 Å². The van der Waals surface area contributed by atoms with E-state index < -0.39 is 11.5 Å². The van der Waals surface area contributed by atoms with Crippen LogP contribution in [-0.4, -0.2) is 49.7 Å². The van der Waals surface area contributed by atoms with Crippen molar-refractivity contribution in [1.29, 1.82) is 0 Å². The first-order chi connectivity index (χ1) is 15.7. The smallest absolute Gasteiger partial charge is 0.315 e. The average Bonchev–Trinajstić information content (AvgIpc) is 2.78. The monoisotopic (exact) mass is 455 g/mol. The summed E-state index contributed by atoms with van der Waals surface area (Å²) >= 11 is 0. The molecule has 6 nitrogen and oxygen atoms in total. The van der Waals surface area contributed by atoms with Crippen molar-refractivity contribution in [2.75, 3.05) is 27.4 Å². The van der Waals surface area contributed by atoms with Gasteiger partial charge >= 0.3 is 5.97 Å². The molecule has 0 aliphatic heterocycles. The Labute approximate surface area is 194 Å². The Bertz CT molecular complexity index is 1020. The molecule has 0 spiro atoms. The van der Waals surface area contributed by atoms with Crippen molar-refractivity contribution in [2.24, 2.45) is 0 Å². The molecule has 0 heterocycles. The van der Waals surface area contributed by atoms with E-state index in [9.17, 15) is 14.0 Å². The van der Waals surface area contributed by atoms with E-state index in [0.717, 1.165) is 5.56 Å². The summed E-state index contributed by atoms with van der Waals surface area (Å²) < 4.78 is 28.8. The van der Waals surface area contributed by atoms with Crippen molar-refractivity contribution in [1.82, 2.24) is 4.90 Å². The number of hydrogen-bond donors (Lipinski definition) is 0. The van der Waals surface area contributed by atoms with Gasteiger partial charge in [0.1, 0.15) is 12.2 Å². The Morgan fingerprint density at radius 1 is 1.03 bits per heavy atom. The Balaban J connectivity index is 2.28. The topological polar surface area (TPSA) is 65.1 Å². The number of halogens is 1.